The first-order chi connectivity index (χ1) is 9.40. The highest BCUT2D eigenvalue weighted by atomic mass is 32.1. The van der Waals surface area contributed by atoms with Gasteiger partial charge in [0.2, 0.25) is 0 Å². The van der Waals surface area contributed by atoms with Gasteiger partial charge in [-0.3, -0.25) is 4.79 Å². The third kappa shape index (κ3) is 5.61. The number of hydrogen-bond donors (Lipinski definition) is 2. The Kier molecular flexibility index (Phi) is 6.51. The van der Waals surface area contributed by atoms with Crippen molar-refractivity contribution in [3.8, 4) is 0 Å². The molecule has 0 aliphatic carbocycles. The van der Waals surface area contributed by atoms with E-state index < -0.39 is 5.97 Å². The zero-order valence-electron chi connectivity index (χ0n) is 12.1. The van der Waals surface area contributed by atoms with Crippen LogP contribution in [0.3, 0.4) is 0 Å². The Morgan fingerprint density at radius 1 is 1.45 bits per heavy atom. The summed E-state index contributed by atoms with van der Waals surface area (Å²) in [6.45, 7) is 3.82. The zero-order valence-corrected chi connectivity index (χ0v) is 12.9. The summed E-state index contributed by atoms with van der Waals surface area (Å²) in [4.78, 5) is 25.4. The lowest BCUT2D eigenvalue weighted by Gasteiger charge is -2.26. The minimum absolute atomic E-state index is 0.0654. The van der Waals surface area contributed by atoms with Gasteiger partial charge in [-0.15, -0.1) is 11.3 Å². The third-order valence-corrected chi connectivity index (χ3v) is 4.12. The van der Waals surface area contributed by atoms with Crippen molar-refractivity contribution in [1.82, 2.24) is 10.2 Å². The molecule has 0 aliphatic rings. The van der Waals surface area contributed by atoms with Crippen molar-refractivity contribution in [3.63, 3.8) is 0 Å². The van der Waals surface area contributed by atoms with Gasteiger partial charge in [0.25, 0.3) is 0 Å². The predicted molar refractivity (Wildman–Crippen MR) is 80.1 cm³/mol. The fourth-order valence-electron chi connectivity index (χ4n) is 1.78. The molecule has 112 valence electrons. The molecule has 6 heteroatoms. The molecule has 1 rings (SSSR count). The maximum atomic E-state index is 12.0. The van der Waals surface area contributed by atoms with Gasteiger partial charge >= 0.3 is 12.0 Å². The summed E-state index contributed by atoms with van der Waals surface area (Å²) >= 11 is 1.68. The molecule has 1 aromatic heterocycles. The van der Waals surface area contributed by atoms with Gasteiger partial charge < -0.3 is 15.3 Å². The number of carbonyl (C=O) groups is 2. The SMILES string of the molecule is CC(CCC(=O)O)NC(=O)N(C)C(C)Cc1cccs1. The van der Waals surface area contributed by atoms with Crippen LogP contribution in [-0.2, 0) is 11.2 Å². The number of nitrogens with zero attached hydrogens (tertiary/aromatic N) is 1. The number of carbonyl (C=O) groups excluding carboxylic acids is 1. The summed E-state index contributed by atoms with van der Waals surface area (Å²) in [7, 11) is 1.76. The van der Waals surface area contributed by atoms with Gasteiger partial charge in [-0.05, 0) is 31.7 Å². The van der Waals surface area contributed by atoms with Crippen LogP contribution in [0.2, 0.25) is 0 Å². The van der Waals surface area contributed by atoms with E-state index in [1.54, 1.807) is 23.3 Å². The molecule has 1 aromatic rings. The van der Waals surface area contributed by atoms with Gasteiger partial charge in [0.1, 0.15) is 0 Å². The number of nitrogens with one attached hydrogen (secondary N) is 1. The Morgan fingerprint density at radius 2 is 2.15 bits per heavy atom. The Bertz CT molecular complexity index is 434. The number of likely N-dealkylation sites (N-methyl/N-ethyl adjacent to an activating group) is 1. The molecule has 2 atom stereocenters. The molecule has 2 unspecified atom stereocenters. The maximum absolute atomic E-state index is 12.0. The number of hydrogen-bond acceptors (Lipinski definition) is 3. The molecule has 0 saturated heterocycles. The van der Waals surface area contributed by atoms with E-state index in [0.717, 1.165) is 6.42 Å². The molecular formula is C14H22N2O3S. The van der Waals surface area contributed by atoms with Gasteiger partial charge in [0.05, 0.1) is 0 Å². The van der Waals surface area contributed by atoms with Crippen molar-refractivity contribution in [2.75, 3.05) is 7.05 Å². The number of urea groups is 1. The van der Waals surface area contributed by atoms with E-state index in [0.29, 0.717) is 6.42 Å². The maximum Gasteiger partial charge on any atom is 0.317 e. The standard InChI is InChI=1S/C14H22N2O3S/c1-10(6-7-13(17)18)15-14(19)16(3)11(2)9-12-5-4-8-20-12/h4-5,8,10-11H,6-7,9H2,1-3H3,(H,15,19)(H,17,18). The second-order valence-electron chi connectivity index (χ2n) is 5.03. The second-order valence-corrected chi connectivity index (χ2v) is 6.06. The van der Waals surface area contributed by atoms with Crippen LogP contribution in [0, 0.1) is 0 Å². The fraction of sp³-hybridized carbons (Fsp3) is 0.571. The van der Waals surface area contributed by atoms with Crippen LogP contribution in [0.15, 0.2) is 17.5 Å². The van der Waals surface area contributed by atoms with Crippen molar-refractivity contribution in [2.45, 2.75) is 45.2 Å². The van der Waals surface area contributed by atoms with Crippen LogP contribution in [-0.4, -0.2) is 41.1 Å². The van der Waals surface area contributed by atoms with Gasteiger partial charge in [0.15, 0.2) is 0 Å². The van der Waals surface area contributed by atoms with E-state index >= 15 is 0 Å². The van der Waals surface area contributed by atoms with E-state index in [-0.39, 0.29) is 24.5 Å². The van der Waals surface area contributed by atoms with E-state index in [9.17, 15) is 9.59 Å². The monoisotopic (exact) mass is 298 g/mol. The number of carboxylic acid groups (broad SMARTS) is 1. The topological polar surface area (TPSA) is 69.6 Å². The molecule has 0 bridgehead atoms. The Morgan fingerprint density at radius 3 is 2.70 bits per heavy atom. The van der Waals surface area contributed by atoms with Crippen LogP contribution in [0.25, 0.3) is 0 Å². The highest BCUT2D eigenvalue weighted by Gasteiger charge is 2.18. The quantitative estimate of drug-likeness (QED) is 0.813. The zero-order chi connectivity index (χ0) is 15.1. The van der Waals surface area contributed by atoms with Crippen molar-refractivity contribution in [1.29, 1.82) is 0 Å². The molecule has 0 aliphatic heterocycles. The Balaban J connectivity index is 2.39. The predicted octanol–water partition coefficient (Wildman–Crippen LogP) is 2.57. The van der Waals surface area contributed by atoms with Crippen LogP contribution in [0.4, 0.5) is 4.79 Å². The van der Waals surface area contributed by atoms with Crippen LogP contribution >= 0.6 is 11.3 Å². The highest BCUT2D eigenvalue weighted by molar-refractivity contribution is 7.09. The third-order valence-electron chi connectivity index (χ3n) is 3.22. The molecule has 0 saturated carbocycles. The van der Waals surface area contributed by atoms with Crippen LogP contribution in [0.1, 0.15) is 31.6 Å². The van der Waals surface area contributed by atoms with Crippen molar-refractivity contribution >= 4 is 23.3 Å². The number of amides is 2. The molecule has 20 heavy (non-hydrogen) atoms. The molecular weight excluding hydrogens is 276 g/mol. The molecule has 2 amide bonds. The van der Waals surface area contributed by atoms with Crippen LogP contribution in [0.5, 0.6) is 0 Å². The van der Waals surface area contributed by atoms with E-state index in [2.05, 4.69) is 11.4 Å². The first-order valence-corrected chi connectivity index (χ1v) is 7.55. The lowest BCUT2D eigenvalue weighted by atomic mass is 10.1. The normalized spacial score (nSPS) is 13.6. The van der Waals surface area contributed by atoms with E-state index in [4.69, 9.17) is 5.11 Å². The lowest BCUT2D eigenvalue weighted by molar-refractivity contribution is -0.137. The Labute approximate surface area is 123 Å². The summed E-state index contributed by atoms with van der Waals surface area (Å²) in [6.07, 6.45) is 1.33. The summed E-state index contributed by atoms with van der Waals surface area (Å²) < 4.78 is 0. The average Bonchev–Trinajstić information content (AvgIpc) is 2.88. The van der Waals surface area contributed by atoms with Crippen molar-refractivity contribution < 1.29 is 14.7 Å². The van der Waals surface area contributed by atoms with E-state index in [1.165, 1.54) is 4.88 Å². The minimum Gasteiger partial charge on any atom is -0.481 e. The summed E-state index contributed by atoms with van der Waals surface area (Å²) in [6, 6.07) is 3.85. The molecule has 1 heterocycles. The van der Waals surface area contributed by atoms with Gasteiger partial charge in [-0.1, -0.05) is 6.07 Å². The molecule has 0 aromatic carbocycles. The second kappa shape index (κ2) is 7.89. The minimum atomic E-state index is -0.842. The summed E-state index contributed by atoms with van der Waals surface area (Å²) in [5.74, 6) is -0.842. The number of thiophene rings is 1. The number of aliphatic carboxylic acids is 1. The van der Waals surface area contributed by atoms with Crippen molar-refractivity contribution in [3.05, 3.63) is 22.4 Å². The lowest BCUT2D eigenvalue weighted by Crippen LogP contribution is -2.46. The summed E-state index contributed by atoms with van der Waals surface area (Å²) in [5, 5.41) is 13.5. The smallest absolute Gasteiger partial charge is 0.317 e. The molecule has 5 nitrogen and oxygen atoms in total. The van der Waals surface area contributed by atoms with Gasteiger partial charge in [-0.25, -0.2) is 4.79 Å². The first-order valence-electron chi connectivity index (χ1n) is 6.67. The molecule has 2 N–H and O–H groups in total. The van der Waals surface area contributed by atoms with Crippen molar-refractivity contribution in [2.24, 2.45) is 0 Å². The Hall–Kier alpha value is -1.56. The number of carboxylic acids is 1. The van der Waals surface area contributed by atoms with Crippen LogP contribution < -0.4 is 5.32 Å². The average molecular weight is 298 g/mol. The molecule has 0 spiro atoms. The number of rotatable bonds is 7. The fourth-order valence-corrected chi connectivity index (χ4v) is 2.61. The molecule has 0 radical (unpaired) electrons. The van der Waals surface area contributed by atoms with Gasteiger partial charge in [-0.2, -0.15) is 0 Å². The summed E-state index contributed by atoms with van der Waals surface area (Å²) in [5.41, 5.74) is 0. The highest BCUT2D eigenvalue weighted by Crippen LogP contribution is 2.13. The largest absolute Gasteiger partial charge is 0.481 e. The van der Waals surface area contributed by atoms with Gasteiger partial charge in [0, 0.05) is 36.9 Å². The van der Waals surface area contributed by atoms with E-state index in [1.807, 2.05) is 25.3 Å². The first kappa shape index (κ1) is 16.5. The molecule has 0 fully saturated rings.